The van der Waals surface area contributed by atoms with E-state index in [4.69, 9.17) is 0 Å². The molecule has 146 valence electrons. The van der Waals surface area contributed by atoms with Gasteiger partial charge in [-0.1, -0.05) is 60.7 Å². The number of carbonyl (C=O) groups excluding carboxylic acids is 1. The summed E-state index contributed by atoms with van der Waals surface area (Å²) in [5.41, 5.74) is 1.63. The lowest BCUT2D eigenvalue weighted by molar-refractivity contribution is -0.121. The van der Waals surface area contributed by atoms with E-state index < -0.39 is 6.04 Å². The molecule has 1 atom stereocenters. The zero-order valence-electron chi connectivity index (χ0n) is 15.9. The number of fused-ring (bicyclic) bond motifs is 1. The molecule has 1 aromatic heterocycles. The third kappa shape index (κ3) is 4.27. The highest BCUT2D eigenvalue weighted by Crippen LogP contribution is 2.35. The second-order valence-electron chi connectivity index (χ2n) is 6.89. The van der Waals surface area contributed by atoms with E-state index in [1.165, 1.54) is 6.33 Å². The molecule has 0 fully saturated rings. The number of amides is 1. The first-order valence-corrected chi connectivity index (χ1v) is 9.60. The number of phenolic OH excluding ortho intramolecular Hbond substituents is 1. The fourth-order valence-corrected chi connectivity index (χ4v) is 3.54. The molecule has 4 rings (SSSR count). The molecule has 4 aromatic rings. The van der Waals surface area contributed by atoms with Gasteiger partial charge >= 0.3 is 0 Å². The van der Waals surface area contributed by atoms with Gasteiger partial charge in [0.2, 0.25) is 5.91 Å². The highest BCUT2D eigenvalue weighted by atomic mass is 16.3. The van der Waals surface area contributed by atoms with Gasteiger partial charge in [0.05, 0.1) is 6.04 Å². The molecule has 0 saturated carbocycles. The van der Waals surface area contributed by atoms with Crippen molar-refractivity contribution >= 4 is 16.7 Å². The second kappa shape index (κ2) is 8.56. The summed E-state index contributed by atoms with van der Waals surface area (Å²) in [5, 5.41) is 19.8. The van der Waals surface area contributed by atoms with Crippen LogP contribution in [0.4, 0.5) is 0 Å². The van der Waals surface area contributed by atoms with E-state index >= 15 is 0 Å². The Morgan fingerprint density at radius 2 is 1.83 bits per heavy atom. The van der Waals surface area contributed by atoms with E-state index in [-0.39, 0.29) is 11.7 Å². The fraction of sp³-hybridized carbons (Fsp3) is 0.174. The molecule has 6 nitrogen and oxygen atoms in total. The number of phenols is 1. The molecule has 2 N–H and O–H groups in total. The minimum absolute atomic E-state index is 0.0775. The monoisotopic (exact) mass is 386 g/mol. The molecule has 0 aliphatic carbocycles. The SMILES string of the molecule is O=C(CCCn1cncn1)N[C@@H](c1ccccc1)c1c(O)ccc2ccccc12. The quantitative estimate of drug-likeness (QED) is 0.506. The average molecular weight is 386 g/mol. The van der Waals surface area contributed by atoms with Gasteiger partial charge in [-0.3, -0.25) is 9.48 Å². The molecule has 0 saturated heterocycles. The van der Waals surface area contributed by atoms with Gasteiger partial charge in [-0.15, -0.1) is 0 Å². The summed E-state index contributed by atoms with van der Waals surface area (Å²) in [6.07, 6.45) is 4.13. The number of hydrogen-bond acceptors (Lipinski definition) is 4. The minimum Gasteiger partial charge on any atom is -0.508 e. The van der Waals surface area contributed by atoms with Crippen LogP contribution in [-0.2, 0) is 11.3 Å². The number of nitrogens with one attached hydrogen (secondary N) is 1. The first kappa shape index (κ1) is 18.7. The molecule has 0 bridgehead atoms. The van der Waals surface area contributed by atoms with E-state index in [2.05, 4.69) is 15.4 Å². The zero-order valence-corrected chi connectivity index (χ0v) is 15.9. The standard InChI is InChI=1S/C23H22N4O2/c28-20-13-12-17-7-4-5-10-19(17)22(20)23(18-8-2-1-3-9-18)26-21(29)11-6-14-27-16-24-15-25-27/h1-5,7-10,12-13,15-16,23,28H,6,11,14H2,(H,26,29)/t23-/m0/s1. The first-order valence-electron chi connectivity index (χ1n) is 9.60. The summed E-state index contributed by atoms with van der Waals surface area (Å²) in [7, 11) is 0. The fourth-order valence-electron chi connectivity index (χ4n) is 3.54. The maximum atomic E-state index is 12.7. The third-order valence-electron chi connectivity index (χ3n) is 4.93. The molecular formula is C23H22N4O2. The van der Waals surface area contributed by atoms with Gasteiger partial charge in [0.1, 0.15) is 18.4 Å². The Hall–Kier alpha value is -3.67. The Bertz CT molecular complexity index is 1090. The minimum atomic E-state index is -0.443. The Kier molecular flexibility index (Phi) is 5.52. The first-order chi connectivity index (χ1) is 14.2. The van der Waals surface area contributed by atoms with Crippen molar-refractivity contribution in [1.29, 1.82) is 0 Å². The van der Waals surface area contributed by atoms with E-state index in [0.717, 1.165) is 16.3 Å². The van der Waals surface area contributed by atoms with Crippen LogP contribution in [0.15, 0.2) is 79.4 Å². The third-order valence-corrected chi connectivity index (χ3v) is 4.93. The van der Waals surface area contributed by atoms with Crippen molar-refractivity contribution in [1.82, 2.24) is 20.1 Å². The summed E-state index contributed by atoms with van der Waals surface area (Å²) in [4.78, 5) is 16.6. The van der Waals surface area contributed by atoms with Crippen LogP contribution in [0.5, 0.6) is 5.75 Å². The molecule has 0 radical (unpaired) electrons. The summed E-state index contributed by atoms with van der Waals surface area (Å²) >= 11 is 0. The highest BCUT2D eigenvalue weighted by molar-refractivity contribution is 5.89. The molecule has 29 heavy (non-hydrogen) atoms. The van der Waals surface area contributed by atoms with Gasteiger partial charge in [0, 0.05) is 18.5 Å². The number of benzene rings is 3. The normalized spacial score (nSPS) is 12.0. The molecule has 3 aromatic carbocycles. The highest BCUT2D eigenvalue weighted by Gasteiger charge is 2.22. The van der Waals surface area contributed by atoms with Crippen molar-refractivity contribution in [2.45, 2.75) is 25.4 Å². The number of aromatic nitrogens is 3. The molecule has 1 heterocycles. The lowest BCUT2D eigenvalue weighted by Gasteiger charge is -2.22. The predicted molar refractivity (Wildman–Crippen MR) is 111 cm³/mol. The van der Waals surface area contributed by atoms with Gasteiger partial charge < -0.3 is 10.4 Å². The number of aryl methyl sites for hydroxylation is 1. The number of hydrogen-bond donors (Lipinski definition) is 2. The van der Waals surface area contributed by atoms with Gasteiger partial charge in [-0.2, -0.15) is 5.10 Å². The largest absolute Gasteiger partial charge is 0.508 e. The number of nitrogens with zero attached hydrogens (tertiary/aromatic N) is 3. The molecule has 0 unspecified atom stereocenters. The lowest BCUT2D eigenvalue weighted by Crippen LogP contribution is -2.29. The molecule has 0 aliphatic rings. The summed E-state index contributed by atoms with van der Waals surface area (Å²) in [6, 6.07) is 20.7. The van der Waals surface area contributed by atoms with Gasteiger partial charge in [0.25, 0.3) is 0 Å². The summed E-state index contributed by atoms with van der Waals surface area (Å²) in [6.45, 7) is 0.628. The maximum absolute atomic E-state index is 12.7. The van der Waals surface area contributed by atoms with Crippen molar-refractivity contribution in [3.63, 3.8) is 0 Å². The van der Waals surface area contributed by atoms with Crippen LogP contribution in [0.25, 0.3) is 10.8 Å². The number of aromatic hydroxyl groups is 1. The van der Waals surface area contributed by atoms with Crippen LogP contribution in [0.2, 0.25) is 0 Å². The summed E-state index contributed by atoms with van der Waals surface area (Å²) in [5.74, 6) is 0.0896. The van der Waals surface area contributed by atoms with Crippen molar-refractivity contribution in [3.05, 3.63) is 90.5 Å². The van der Waals surface area contributed by atoms with Crippen LogP contribution in [0.3, 0.4) is 0 Å². The van der Waals surface area contributed by atoms with Crippen LogP contribution < -0.4 is 5.32 Å². The Morgan fingerprint density at radius 3 is 2.62 bits per heavy atom. The Labute approximate surface area is 168 Å². The zero-order chi connectivity index (χ0) is 20.1. The van der Waals surface area contributed by atoms with Crippen molar-refractivity contribution in [3.8, 4) is 5.75 Å². The summed E-state index contributed by atoms with van der Waals surface area (Å²) < 4.78 is 1.71. The maximum Gasteiger partial charge on any atom is 0.220 e. The Balaban J connectivity index is 1.61. The lowest BCUT2D eigenvalue weighted by atomic mass is 9.92. The van der Waals surface area contributed by atoms with Crippen molar-refractivity contribution in [2.24, 2.45) is 0 Å². The predicted octanol–water partition coefficient (Wildman–Crippen LogP) is 3.82. The molecule has 0 spiro atoms. The number of rotatable bonds is 7. The van der Waals surface area contributed by atoms with Gasteiger partial charge in [-0.25, -0.2) is 4.98 Å². The molecule has 1 amide bonds. The topological polar surface area (TPSA) is 80.0 Å². The molecule has 0 aliphatic heterocycles. The van der Waals surface area contributed by atoms with Crippen molar-refractivity contribution in [2.75, 3.05) is 0 Å². The van der Waals surface area contributed by atoms with Crippen LogP contribution in [0.1, 0.15) is 30.0 Å². The van der Waals surface area contributed by atoms with Crippen LogP contribution in [-0.4, -0.2) is 25.8 Å². The van der Waals surface area contributed by atoms with E-state index in [0.29, 0.717) is 24.9 Å². The van der Waals surface area contributed by atoms with E-state index in [1.807, 2.05) is 60.7 Å². The number of carbonyl (C=O) groups is 1. The van der Waals surface area contributed by atoms with E-state index in [9.17, 15) is 9.90 Å². The van der Waals surface area contributed by atoms with E-state index in [1.54, 1.807) is 17.1 Å². The molecular weight excluding hydrogens is 364 g/mol. The van der Waals surface area contributed by atoms with Crippen molar-refractivity contribution < 1.29 is 9.90 Å². The van der Waals surface area contributed by atoms with Gasteiger partial charge in [0.15, 0.2) is 0 Å². The second-order valence-corrected chi connectivity index (χ2v) is 6.89. The van der Waals surface area contributed by atoms with Crippen LogP contribution in [0, 0.1) is 0 Å². The molecule has 6 heteroatoms. The Morgan fingerprint density at radius 1 is 1.03 bits per heavy atom. The van der Waals surface area contributed by atoms with Crippen LogP contribution >= 0.6 is 0 Å². The smallest absolute Gasteiger partial charge is 0.220 e. The average Bonchev–Trinajstić information content (AvgIpc) is 3.27. The van der Waals surface area contributed by atoms with Gasteiger partial charge in [-0.05, 0) is 28.8 Å².